The number of nitrogens with zero attached hydrogens (tertiary/aromatic N) is 2. The van der Waals surface area contributed by atoms with Crippen LogP contribution in [0.2, 0.25) is 0 Å². The number of carboxylic acids is 1. The minimum atomic E-state index is -1.23. The lowest BCUT2D eigenvalue weighted by atomic mass is 9.85. The van der Waals surface area contributed by atoms with Gasteiger partial charge in [-0.15, -0.1) is 0 Å². The van der Waals surface area contributed by atoms with Crippen LogP contribution in [-0.2, 0) is 36.9 Å². The van der Waals surface area contributed by atoms with Crippen molar-refractivity contribution in [3.05, 3.63) is 34.9 Å². The maximum Gasteiger partial charge on any atom is 0.410 e. The Hall–Kier alpha value is -3.83. The number of nitrogens with one attached hydrogen (secondary N) is 1. The Morgan fingerprint density at radius 3 is 2.33 bits per heavy atom. The molecule has 3 aliphatic heterocycles. The van der Waals surface area contributed by atoms with E-state index in [9.17, 15) is 29.1 Å². The Morgan fingerprint density at radius 2 is 1.65 bits per heavy atom. The van der Waals surface area contributed by atoms with Crippen molar-refractivity contribution in [2.24, 2.45) is 5.41 Å². The van der Waals surface area contributed by atoms with Gasteiger partial charge >= 0.3 is 24.1 Å². The summed E-state index contributed by atoms with van der Waals surface area (Å²) in [5, 5.41) is 12.5. The number of carbonyl (C=O) groups is 5. The smallest absolute Gasteiger partial charge is 0.410 e. The molecule has 1 unspecified atom stereocenters. The maximum atomic E-state index is 13.6. The molecule has 2 N–H and O–H groups in total. The van der Waals surface area contributed by atoms with Gasteiger partial charge in [-0.25, -0.2) is 19.2 Å². The second-order valence-electron chi connectivity index (χ2n) is 11.6. The summed E-state index contributed by atoms with van der Waals surface area (Å²) in [6.07, 6.45) is 0.439. The standard InChI is InChI=1S/C28H37N3O9/c1-28(2,3)22-23(32)31-16-20(13-21(31)24(33)34)40-27(37)30-14-18-9-8-17(12-19(18)15-30)25(35)38-10-6-4-5-7-11-39-26(36)29-22/h8-9,12,20-22H,4-7,10-11,13-16H2,1-3H3,(H,29,36)(H,33,34)/t20-,21?,22-/m1/s1. The molecule has 0 spiro atoms. The van der Waals surface area contributed by atoms with Gasteiger partial charge in [0.2, 0.25) is 5.91 Å². The van der Waals surface area contributed by atoms with E-state index in [0.29, 0.717) is 18.4 Å². The van der Waals surface area contributed by atoms with Gasteiger partial charge in [0.25, 0.3) is 0 Å². The molecule has 12 heteroatoms. The molecule has 0 aliphatic carbocycles. The number of cyclic esters (lactones) is 2. The van der Waals surface area contributed by atoms with Crippen LogP contribution < -0.4 is 5.32 Å². The van der Waals surface area contributed by atoms with Crippen LogP contribution in [0.25, 0.3) is 0 Å². The van der Waals surface area contributed by atoms with Crippen LogP contribution in [0.4, 0.5) is 9.59 Å². The molecule has 1 aromatic carbocycles. The Bertz CT molecular complexity index is 1160. The van der Waals surface area contributed by atoms with E-state index in [0.717, 1.165) is 28.9 Å². The SMILES string of the molecule is CC(C)(C)[C@@H]1NC(=O)OCCCCCCOC(=O)c2ccc3c(c2)CN(C3)C(=O)O[C@@H]2CC(C(=O)O)N(C2)C1=O. The first-order valence-corrected chi connectivity index (χ1v) is 13.6. The Morgan fingerprint density at radius 1 is 0.975 bits per heavy atom. The number of carboxylic acid groups (broad SMARTS) is 1. The fraction of sp³-hybridized carbons (Fsp3) is 0.607. The molecule has 1 saturated heterocycles. The van der Waals surface area contributed by atoms with E-state index in [4.69, 9.17) is 14.2 Å². The summed E-state index contributed by atoms with van der Waals surface area (Å²) < 4.78 is 16.3. The van der Waals surface area contributed by atoms with Crippen LogP contribution in [0, 0.1) is 5.41 Å². The molecule has 3 atom stereocenters. The fourth-order valence-electron chi connectivity index (χ4n) is 5.17. The third-order valence-corrected chi connectivity index (χ3v) is 7.40. The molecular weight excluding hydrogens is 522 g/mol. The largest absolute Gasteiger partial charge is 0.480 e. The molecule has 40 heavy (non-hydrogen) atoms. The summed E-state index contributed by atoms with van der Waals surface area (Å²) in [5.74, 6) is -2.25. The first kappa shape index (κ1) is 29.2. The quantitative estimate of drug-likeness (QED) is 0.391. The van der Waals surface area contributed by atoms with Crippen molar-refractivity contribution >= 4 is 30.0 Å². The second-order valence-corrected chi connectivity index (χ2v) is 11.6. The van der Waals surface area contributed by atoms with Crippen LogP contribution in [0.5, 0.6) is 0 Å². The number of esters is 1. The summed E-state index contributed by atoms with van der Waals surface area (Å²) in [6, 6.07) is 2.89. The molecule has 4 rings (SSSR count). The van der Waals surface area contributed by atoms with E-state index in [1.807, 2.05) is 0 Å². The first-order valence-electron chi connectivity index (χ1n) is 13.6. The highest BCUT2D eigenvalue weighted by atomic mass is 16.6. The lowest BCUT2D eigenvalue weighted by molar-refractivity contribution is -0.150. The summed E-state index contributed by atoms with van der Waals surface area (Å²) in [7, 11) is 0. The van der Waals surface area contributed by atoms with Gasteiger partial charge in [-0.1, -0.05) is 26.8 Å². The van der Waals surface area contributed by atoms with Gasteiger partial charge in [-0.3, -0.25) is 9.69 Å². The topological polar surface area (TPSA) is 152 Å². The number of aliphatic carboxylic acids is 1. The van der Waals surface area contributed by atoms with Crippen molar-refractivity contribution in [2.75, 3.05) is 19.8 Å². The van der Waals surface area contributed by atoms with E-state index in [-0.39, 0.29) is 39.3 Å². The number of hydrogen-bond donors (Lipinski definition) is 2. The highest BCUT2D eigenvalue weighted by Crippen LogP contribution is 2.29. The van der Waals surface area contributed by atoms with Crippen LogP contribution in [-0.4, -0.2) is 82.9 Å². The second kappa shape index (κ2) is 12.1. The zero-order valence-electron chi connectivity index (χ0n) is 23.1. The molecule has 0 aromatic heterocycles. The molecule has 3 amide bonds. The molecule has 3 aliphatic rings. The Balaban J connectivity index is 1.54. The number of hydrogen-bond acceptors (Lipinski definition) is 8. The third kappa shape index (κ3) is 6.83. The third-order valence-electron chi connectivity index (χ3n) is 7.40. The van der Waals surface area contributed by atoms with Gasteiger partial charge in [0.15, 0.2) is 0 Å². The molecule has 0 saturated carbocycles. The van der Waals surface area contributed by atoms with Crippen molar-refractivity contribution in [1.29, 1.82) is 0 Å². The zero-order chi connectivity index (χ0) is 29.0. The molecule has 1 aromatic rings. The minimum Gasteiger partial charge on any atom is -0.480 e. The van der Waals surface area contributed by atoms with Gasteiger partial charge in [-0.2, -0.15) is 0 Å². The van der Waals surface area contributed by atoms with E-state index >= 15 is 0 Å². The van der Waals surface area contributed by atoms with Gasteiger partial charge in [-0.05, 0) is 54.4 Å². The Labute approximate surface area is 232 Å². The van der Waals surface area contributed by atoms with Crippen LogP contribution >= 0.6 is 0 Å². The van der Waals surface area contributed by atoms with E-state index in [1.165, 1.54) is 4.90 Å². The van der Waals surface area contributed by atoms with Crippen LogP contribution in [0.1, 0.15) is 74.4 Å². The molecule has 1 fully saturated rings. The van der Waals surface area contributed by atoms with Crippen LogP contribution in [0.15, 0.2) is 18.2 Å². The van der Waals surface area contributed by atoms with Crippen molar-refractivity contribution in [2.45, 2.75) is 84.2 Å². The number of carbonyl (C=O) groups excluding carboxylic acids is 4. The fourth-order valence-corrected chi connectivity index (χ4v) is 5.17. The predicted molar refractivity (Wildman–Crippen MR) is 140 cm³/mol. The number of ether oxygens (including phenoxy) is 3. The maximum absolute atomic E-state index is 13.6. The number of benzene rings is 1. The predicted octanol–water partition coefficient (Wildman–Crippen LogP) is 3.06. The average Bonchev–Trinajstić information content (AvgIpc) is 3.51. The van der Waals surface area contributed by atoms with Crippen LogP contribution in [0.3, 0.4) is 0 Å². The summed E-state index contributed by atoms with van der Waals surface area (Å²) in [4.78, 5) is 66.3. The summed E-state index contributed by atoms with van der Waals surface area (Å²) in [6.45, 7) is 6.06. The number of amides is 3. The number of fused-ring (bicyclic) bond motifs is 4. The van der Waals surface area contributed by atoms with E-state index < -0.39 is 53.6 Å². The van der Waals surface area contributed by atoms with E-state index in [1.54, 1.807) is 39.0 Å². The summed E-state index contributed by atoms with van der Waals surface area (Å²) in [5.41, 5.74) is 1.33. The minimum absolute atomic E-state index is 0.0785. The zero-order valence-corrected chi connectivity index (χ0v) is 23.1. The van der Waals surface area contributed by atoms with Crippen molar-refractivity contribution in [1.82, 2.24) is 15.1 Å². The monoisotopic (exact) mass is 559 g/mol. The molecule has 3 heterocycles. The molecule has 5 bridgehead atoms. The van der Waals surface area contributed by atoms with Gasteiger partial charge in [0.05, 0.1) is 25.3 Å². The molecule has 0 radical (unpaired) electrons. The lowest BCUT2D eigenvalue weighted by Crippen LogP contribution is -2.57. The van der Waals surface area contributed by atoms with Crippen molar-refractivity contribution in [3.63, 3.8) is 0 Å². The van der Waals surface area contributed by atoms with Crippen molar-refractivity contribution < 1.29 is 43.3 Å². The van der Waals surface area contributed by atoms with E-state index in [2.05, 4.69) is 5.32 Å². The number of alkyl carbamates (subject to hydrolysis) is 1. The molecule has 218 valence electrons. The molecular formula is C28H37N3O9. The highest BCUT2D eigenvalue weighted by molar-refractivity contribution is 5.91. The van der Waals surface area contributed by atoms with Gasteiger partial charge in [0.1, 0.15) is 18.2 Å². The lowest BCUT2D eigenvalue weighted by Gasteiger charge is -2.34. The molecule has 12 nitrogen and oxygen atoms in total. The van der Waals surface area contributed by atoms with Crippen molar-refractivity contribution in [3.8, 4) is 0 Å². The van der Waals surface area contributed by atoms with Gasteiger partial charge < -0.3 is 29.5 Å². The normalized spacial score (nSPS) is 25.2. The summed E-state index contributed by atoms with van der Waals surface area (Å²) >= 11 is 0. The Kier molecular flexibility index (Phi) is 8.85. The van der Waals surface area contributed by atoms with Gasteiger partial charge in [0, 0.05) is 19.5 Å². The average molecular weight is 560 g/mol. The highest BCUT2D eigenvalue weighted by Gasteiger charge is 2.46. The number of rotatable bonds is 1. The first-order chi connectivity index (χ1) is 18.9.